The number of aryl methyl sites for hydroxylation is 1. The molecule has 0 aliphatic carbocycles. The second-order valence-corrected chi connectivity index (χ2v) is 4.07. The first-order chi connectivity index (χ1) is 7.74. The van der Waals surface area contributed by atoms with Gasteiger partial charge in [-0.15, -0.1) is 0 Å². The lowest BCUT2D eigenvalue weighted by Gasteiger charge is -2.06. The topological polar surface area (TPSA) is 133 Å². The minimum absolute atomic E-state index is 0.142. The molecular weight excluding hydrogens is 248 g/mol. The number of aliphatic hydroxyl groups is 1. The number of hydrogen-bond donors (Lipinski definition) is 5. The van der Waals surface area contributed by atoms with Crippen LogP contribution in [0.4, 0.5) is 11.4 Å². The van der Waals surface area contributed by atoms with E-state index < -0.39 is 10.4 Å². The Morgan fingerprint density at radius 2 is 1.88 bits per heavy atom. The van der Waals surface area contributed by atoms with Crippen LogP contribution in [0, 0.1) is 6.92 Å². The zero-order valence-corrected chi connectivity index (χ0v) is 10.1. The van der Waals surface area contributed by atoms with Crippen LogP contribution < -0.4 is 11.1 Å². The molecule has 0 amide bonds. The molecular formula is C9H16N2O5S. The summed E-state index contributed by atoms with van der Waals surface area (Å²) in [6.45, 7) is 2.67. The number of aliphatic hydroxyl groups excluding tert-OH is 1. The lowest BCUT2D eigenvalue weighted by molar-refractivity contribution is 0.311. The number of nitrogens with one attached hydrogen (secondary N) is 1. The summed E-state index contributed by atoms with van der Waals surface area (Å²) in [5.41, 5.74) is 8.49. The van der Waals surface area contributed by atoms with Gasteiger partial charge in [0.1, 0.15) is 0 Å². The van der Waals surface area contributed by atoms with Crippen LogP contribution >= 0.6 is 0 Å². The average molecular weight is 264 g/mol. The van der Waals surface area contributed by atoms with Gasteiger partial charge in [-0.05, 0) is 30.7 Å². The minimum atomic E-state index is -4.67. The third-order valence-electron chi connectivity index (χ3n) is 1.71. The maximum absolute atomic E-state index is 8.74. The van der Waals surface area contributed by atoms with E-state index in [0.717, 1.165) is 16.9 Å². The Balaban J connectivity index is 0.000000437. The molecule has 0 bridgehead atoms. The van der Waals surface area contributed by atoms with E-state index in [-0.39, 0.29) is 6.61 Å². The van der Waals surface area contributed by atoms with Gasteiger partial charge in [-0.2, -0.15) is 8.42 Å². The summed E-state index contributed by atoms with van der Waals surface area (Å²) in [5.74, 6) is 0. The van der Waals surface area contributed by atoms with Crippen molar-refractivity contribution in [3.05, 3.63) is 23.8 Å². The van der Waals surface area contributed by atoms with Gasteiger partial charge in [0, 0.05) is 17.9 Å². The van der Waals surface area contributed by atoms with Crippen molar-refractivity contribution in [2.75, 3.05) is 24.2 Å². The van der Waals surface area contributed by atoms with Crippen molar-refractivity contribution in [1.82, 2.24) is 0 Å². The van der Waals surface area contributed by atoms with E-state index in [1.165, 1.54) is 0 Å². The SMILES string of the molecule is Cc1cc(NCCO)ccc1N.O=S(=O)(O)O. The van der Waals surface area contributed by atoms with Gasteiger partial charge < -0.3 is 16.2 Å². The van der Waals surface area contributed by atoms with E-state index in [4.69, 9.17) is 28.4 Å². The van der Waals surface area contributed by atoms with Crippen LogP contribution in [0.5, 0.6) is 0 Å². The number of nitrogens with two attached hydrogens (primary N) is 1. The fraction of sp³-hybridized carbons (Fsp3) is 0.333. The van der Waals surface area contributed by atoms with E-state index in [1.54, 1.807) is 0 Å². The summed E-state index contributed by atoms with van der Waals surface area (Å²) in [4.78, 5) is 0. The molecule has 8 heteroatoms. The minimum Gasteiger partial charge on any atom is -0.399 e. The van der Waals surface area contributed by atoms with Gasteiger partial charge in [0.15, 0.2) is 0 Å². The fourth-order valence-electron chi connectivity index (χ4n) is 0.986. The van der Waals surface area contributed by atoms with Gasteiger partial charge >= 0.3 is 10.4 Å². The Hall–Kier alpha value is -1.35. The maximum Gasteiger partial charge on any atom is 0.394 e. The molecule has 0 radical (unpaired) electrons. The predicted molar refractivity (Wildman–Crippen MR) is 65.3 cm³/mol. The van der Waals surface area contributed by atoms with E-state index >= 15 is 0 Å². The Morgan fingerprint density at radius 1 is 1.35 bits per heavy atom. The normalized spacial score (nSPS) is 10.4. The number of rotatable bonds is 3. The number of benzene rings is 1. The Morgan fingerprint density at radius 3 is 2.29 bits per heavy atom. The highest BCUT2D eigenvalue weighted by Gasteiger charge is 1.94. The molecule has 0 unspecified atom stereocenters. The van der Waals surface area contributed by atoms with Crippen molar-refractivity contribution < 1.29 is 22.6 Å². The zero-order valence-electron chi connectivity index (χ0n) is 9.29. The van der Waals surface area contributed by atoms with Crippen LogP contribution in [0.15, 0.2) is 18.2 Å². The molecule has 98 valence electrons. The van der Waals surface area contributed by atoms with Gasteiger partial charge in [0.25, 0.3) is 0 Å². The van der Waals surface area contributed by atoms with Crippen LogP contribution in [-0.4, -0.2) is 35.8 Å². The van der Waals surface area contributed by atoms with E-state index in [2.05, 4.69) is 5.32 Å². The van der Waals surface area contributed by atoms with Gasteiger partial charge in [0.2, 0.25) is 0 Å². The molecule has 0 heterocycles. The standard InChI is InChI=1S/C9H14N2O.H2O4S/c1-7-6-8(11-4-5-12)2-3-9(7)10;1-5(2,3)4/h2-3,6,11-12H,4-5,10H2,1H3;(H2,1,2,3,4). The number of hydrogen-bond acceptors (Lipinski definition) is 5. The molecule has 17 heavy (non-hydrogen) atoms. The van der Waals surface area contributed by atoms with Crippen molar-refractivity contribution in [2.45, 2.75) is 6.92 Å². The first-order valence-corrected chi connectivity index (χ1v) is 6.04. The van der Waals surface area contributed by atoms with Crippen molar-refractivity contribution in [1.29, 1.82) is 0 Å². The molecule has 0 fully saturated rings. The summed E-state index contributed by atoms with van der Waals surface area (Å²) in [6.07, 6.45) is 0. The molecule has 0 saturated carbocycles. The average Bonchev–Trinajstić information content (AvgIpc) is 2.17. The van der Waals surface area contributed by atoms with Gasteiger partial charge in [0.05, 0.1) is 6.61 Å². The third kappa shape index (κ3) is 9.57. The molecule has 6 N–H and O–H groups in total. The van der Waals surface area contributed by atoms with Crippen molar-refractivity contribution in [2.24, 2.45) is 0 Å². The predicted octanol–water partition coefficient (Wildman–Crippen LogP) is 0.329. The van der Waals surface area contributed by atoms with Gasteiger partial charge in [-0.3, -0.25) is 9.11 Å². The molecule has 0 aromatic heterocycles. The molecule has 0 aliphatic rings. The largest absolute Gasteiger partial charge is 0.399 e. The second-order valence-electron chi connectivity index (χ2n) is 3.17. The summed E-state index contributed by atoms with van der Waals surface area (Å²) >= 11 is 0. The third-order valence-corrected chi connectivity index (χ3v) is 1.71. The smallest absolute Gasteiger partial charge is 0.394 e. The number of nitrogen functional groups attached to an aromatic ring is 1. The summed E-state index contributed by atoms with van der Waals surface area (Å²) in [5, 5.41) is 11.6. The summed E-state index contributed by atoms with van der Waals surface area (Å²) in [7, 11) is -4.67. The Bertz CT molecular complexity index is 439. The first-order valence-electron chi connectivity index (χ1n) is 4.64. The second kappa shape index (κ2) is 7.07. The van der Waals surface area contributed by atoms with Crippen LogP contribution in [-0.2, 0) is 10.4 Å². The highest BCUT2D eigenvalue weighted by molar-refractivity contribution is 7.79. The van der Waals surface area contributed by atoms with Gasteiger partial charge in [-0.25, -0.2) is 0 Å². The molecule has 0 saturated heterocycles. The summed E-state index contributed by atoms with van der Waals surface area (Å²) < 4.78 is 31.6. The van der Waals surface area contributed by atoms with Crippen molar-refractivity contribution in [3.63, 3.8) is 0 Å². The highest BCUT2D eigenvalue weighted by atomic mass is 32.3. The van der Waals surface area contributed by atoms with Crippen molar-refractivity contribution in [3.8, 4) is 0 Å². The molecule has 1 aromatic rings. The molecule has 1 aromatic carbocycles. The summed E-state index contributed by atoms with van der Waals surface area (Å²) in [6, 6.07) is 5.72. The quantitative estimate of drug-likeness (QED) is 0.392. The van der Waals surface area contributed by atoms with E-state index in [0.29, 0.717) is 6.54 Å². The molecule has 0 aliphatic heterocycles. The maximum atomic E-state index is 8.74. The monoisotopic (exact) mass is 264 g/mol. The highest BCUT2D eigenvalue weighted by Crippen LogP contribution is 2.15. The van der Waals surface area contributed by atoms with Crippen LogP contribution in [0.1, 0.15) is 5.56 Å². The number of anilines is 2. The van der Waals surface area contributed by atoms with Crippen LogP contribution in [0.25, 0.3) is 0 Å². The fourth-order valence-corrected chi connectivity index (χ4v) is 0.986. The Kier molecular flexibility index (Phi) is 6.51. The molecule has 1 rings (SSSR count). The van der Waals surface area contributed by atoms with Crippen molar-refractivity contribution >= 4 is 21.8 Å². The lowest BCUT2D eigenvalue weighted by atomic mass is 10.2. The zero-order chi connectivity index (χ0) is 13.5. The van der Waals surface area contributed by atoms with Gasteiger partial charge in [-0.1, -0.05) is 0 Å². The molecule has 0 spiro atoms. The van der Waals surface area contributed by atoms with E-state index in [1.807, 2.05) is 25.1 Å². The Labute approximate surface area is 99.8 Å². The van der Waals surface area contributed by atoms with Crippen LogP contribution in [0.2, 0.25) is 0 Å². The van der Waals surface area contributed by atoms with E-state index in [9.17, 15) is 0 Å². The molecule has 0 atom stereocenters. The lowest BCUT2D eigenvalue weighted by Crippen LogP contribution is -2.05. The molecule has 7 nitrogen and oxygen atoms in total. The first kappa shape index (κ1) is 15.7. The van der Waals surface area contributed by atoms with Crippen LogP contribution in [0.3, 0.4) is 0 Å².